The number of carbonyl (C=O) groups is 2. The van der Waals surface area contributed by atoms with Crippen LogP contribution in [0.15, 0.2) is 24.3 Å². The van der Waals surface area contributed by atoms with Gasteiger partial charge in [0.15, 0.2) is 9.84 Å². The van der Waals surface area contributed by atoms with Crippen LogP contribution in [0.1, 0.15) is 20.3 Å². The summed E-state index contributed by atoms with van der Waals surface area (Å²) < 4.78 is 28.5. The topological polar surface area (TPSA) is 92.8 Å². The summed E-state index contributed by atoms with van der Waals surface area (Å²) in [5, 5.41) is 2.64. The minimum atomic E-state index is -3.13. The van der Waals surface area contributed by atoms with Gasteiger partial charge in [-0.05, 0) is 37.6 Å². The van der Waals surface area contributed by atoms with Crippen LogP contribution in [0, 0.1) is 0 Å². The number of hydrogen-bond donors (Lipinski definition) is 1. The Hall–Kier alpha value is -2.09. The maximum Gasteiger partial charge on any atom is 0.414 e. The number of nitrogens with zero attached hydrogens (tertiary/aromatic N) is 1. The van der Waals surface area contributed by atoms with Crippen LogP contribution >= 0.6 is 0 Å². The average molecular weight is 340 g/mol. The van der Waals surface area contributed by atoms with Gasteiger partial charge in [-0.25, -0.2) is 13.2 Å². The van der Waals surface area contributed by atoms with Crippen LogP contribution in [0.3, 0.4) is 0 Å². The van der Waals surface area contributed by atoms with Gasteiger partial charge in [0.2, 0.25) is 5.91 Å². The van der Waals surface area contributed by atoms with Gasteiger partial charge in [-0.3, -0.25) is 9.69 Å². The predicted molar refractivity (Wildman–Crippen MR) is 87.3 cm³/mol. The molecule has 0 radical (unpaired) electrons. The quantitative estimate of drug-likeness (QED) is 0.902. The highest BCUT2D eigenvalue weighted by molar-refractivity contribution is 7.91. The lowest BCUT2D eigenvalue weighted by atomic mass is 10.2. The Kier molecular flexibility index (Phi) is 5.25. The van der Waals surface area contributed by atoms with E-state index in [9.17, 15) is 18.0 Å². The summed E-state index contributed by atoms with van der Waals surface area (Å²) in [5.41, 5.74) is 1.14. The van der Waals surface area contributed by atoms with Crippen LogP contribution in [-0.4, -0.2) is 44.6 Å². The van der Waals surface area contributed by atoms with E-state index in [1.54, 1.807) is 31.2 Å². The minimum Gasteiger partial charge on any atom is -0.449 e. The highest BCUT2D eigenvalue weighted by Gasteiger charge is 2.36. The van der Waals surface area contributed by atoms with Gasteiger partial charge in [0.05, 0.1) is 24.2 Å². The fourth-order valence-electron chi connectivity index (χ4n) is 2.55. The van der Waals surface area contributed by atoms with E-state index in [2.05, 4.69) is 5.32 Å². The fourth-order valence-corrected chi connectivity index (χ4v) is 4.25. The minimum absolute atomic E-state index is 0.0670. The zero-order chi connectivity index (χ0) is 17.0. The van der Waals surface area contributed by atoms with E-state index in [0.717, 1.165) is 0 Å². The molecule has 1 fully saturated rings. The summed E-state index contributed by atoms with van der Waals surface area (Å²) in [6, 6.07) is 6.20. The maximum atomic E-state index is 12.2. The average Bonchev–Trinajstić information content (AvgIpc) is 2.81. The Bertz CT molecular complexity index is 684. The van der Waals surface area contributed by atoms with Crippen LogP contribution in [-0.2, 0) is 19.4 Å². The van der Waals surface area contributed by atoms with Crippen molar-refractivity contribution in [3.63, 3.8) is 0 Å². The Morgan fingerprint density at radius 1 is 1.30 bits per heavy atom. The van der Waals surface area contributed by atoms with Crippen LogP contribution in [0.4, 0.5) is 16.2 Å². The van der Waals surface area contributed by atoms with Gasteiger partial charge in [-0.1, -0.05) is 0 Å². The molecule has 0 bridgehead atoms. The van der Waals surface area contributed by atoms with Crippen molar-refractivity contribution in [1.82, 2.24) is 0 Å². The smallest absolute Gasteiger partial charge is 0.414 e. The third-order valence-electron chi connectivity index (χ3n) is 3.50. The number of sulfone groups is 1. The molecule has 0 saturated carbocycles. The van der Waals surface area contributed by atoms with E-state index in [1.807, 2.05) is 0 Å². The second-order valence-corrected chi connectivity index (χ2v) is 7.58. The lowest BCUT2D eigenvalue weighted by Gasteiger charge is -2.27. The van der Waals surface area contributed by atoms with Crippen molar-refractivity contribution in [2.24, 2.45) is 0 Å². The zero-order valence-electron chi connectivity index (χ0n) is 13.1. The first-order valence-corrected chi connectivity index (χ1v) is 9.18. The molecule has 1 N–H and O–H groups in total. The molecule has 1 heterocycles. The Balaban J connectivity index is 2.26. The van der Waals surface area contributed by atoms with Gasteiger partial charge in [0.1, 0.15) is 0 Å². The summed E-state index contributed by atoms with van der Waals surface area (Å²) >= 11 is 0. The van der Waals surface area contributed by atoms with Crippen molar-refractivity contribution in [1.29, 1.82) is 0 Å². The first-order chi connectivity index (χ1) is 10.8. The second kappa shape index (κ2) is 6.99. The third-order valence-corrected chi connectivity index (χ3v) is 5.25. The van der Waals surface area contributed by atoms with Gasteiger partial charge in [-0.15, -0.1) is 0 Å². The molecule has 0 aliphatic carbocycles. The Morgan fingerprint density at radius 3 is 2.43 bits per heavy atom. The lowest BCUT2D eigenvalue weighted by molar-refractivity contribution is -0.114. The van der Waals surface area contributed by atoms with Gasteiger partial charge in [-0.2, -0.15) is 0 Å². The lowest BCUT2D eigenvalue weighted by Crippen LogP contribution is -2.41. The van der Waals surface area contributed by atoms with Gasteiger partial charge in [0.25, 0.3) is 0 Å². The zero-order valence-corrected chi connectivity index (χ0v) is 13.9. The Morgan fingerprint density at radius 2 is 1.96 bits per heavy atom. The maximum absolute atomic E-state index is 12.2. The Labute approximate surface area is 135 Å². The molecule has 8 heteroatoms. The molecule has 0 spiro atoms. The predicted octanol–water partition coefficient (Wildman–Crippen LogP) is 1.79. The SMILES string of the molecule is CCOC(=O)N(c1ccc(NC(C)=O)cc1)C1CCS(=O)(=O)C1. The number of carbonyl (C=O) groups excluding carboxylic acids is 2. The van der Waals surface area contributed by atoms with E-state index in [4.69, 9.17) is 4.74 Å². The molecule has 1 unspecified atom stereocenters. The molecule has 126 valence electrons. The van der Waals surface area contributed by atoms with Crippen molar-refractivity contribution in [2.45, 2.75) is 26.3 Å². The first kappa shape index (κ1) is 17.3. The molecule has 1 saturated heterocycles. The van der Waals surface area contributed by atoms with Crippen molar-refractivity contribution in [3.05, 3.63) is 24.3 Å². The van der Waals surface area contributed by atoms with Crippen molar-refractivity contribution in [3.8, 4) is 0 Å². The molecular formula is C15H20N2O5S. The van der Waals surface area contributed by atoms with E-state index >= 15 is 0 Å². The fraction of sp³-hybridized carbons (Fsp3) is 0.467. The number of rotatable bonds is 4. The molecule has 2 rings (SSSR count). The van der Waals surface area contributed by atoms with E-state index in [-0.39, 0.29) is 24.0 Å². The third kappa shape index (κ3) is 4.44. The monoisotopic (exact) mass is 340 g/mol. The van der Waals surface area contributed by atoms with E-state index in [0.29, 0.717) is 17.8 Å². The number of nitrogens with one attached hydrogen (secondary N) is 1. The van der Waals surface area contributed by atoms with Crippen molar-refractivity contribution >= 4 is 33.2 Å². The number of anilines is 2. The standard InChI is InChI=1S/C15H20N2O5S/c1-3-22-15(19)17(14-8-9-23(20,21)10-14)13-6-4-12(5-7-13)16-11(2)18/h4-7,14H,3,8-10H2,1-2H3,(H,16,18). The van der Waals surface area contributed by atoms with E-state index in [1.165, 1.54) is 11.8 Å². The second-order valence-electron chi connectivity index (χ2n) is 5.35. The summed E-state index contributed by atoms with van der Waals surface area (Å²) in [6.07, 6.45) is -0.184. The number of amides is 2. The number of hydrogen-bond acceptors (Lipinski definition) is 5. The van der Waals surface area contributed by atoms with Gasteiger partial charge >= 0.3 is 6.09 Å². The van der Waals surface area contributed by atoms with Gasteiger partial charge < -0.3 is 10.1 Å². The molecule has 1 atom stereocenters. The number of ether oxygens (including phenoxy) is 1. The summed E-state index contributed by atoms with van der Waals surface area (Å²) in [4.78, 5) is 24.7. The summed E-state index contributed by atoms with van der Waals surface area (Å²) in [6.45, 7) is 3.31. The van der Waals surface area contributed by atoms with Crippen LogP contribution in [0.5, 0.6) is 0 Å². The van der Waals surface area contributed by atoms with Gasteiger partial charge in [0, 0.05) is 18.3 Å². The molecule has 2 amide bonds. The highest BCUT2D eigenvalue weighted by atomic mass is 32.2. The molecule has 0 aromatic heterocycles. The highest BCUT2D eigenvalue weighted by Crippen LogP contribution is 2.26. The van der Waals surface area contributed by atoms with Crippen LogP contribution < -0.4 is 10.2 Å². The number of benzene rings is 1. The van der Waals surface area contributed by atoms with Crippen molar-refractivity contribution < 1.29 is 22.7 Å². The van der Waals surface area contributed by atoms with Crippen molar-refractivity contribution in [2.75, 3.05) is 28.3 Å². The van der Waals surface area contributed by atoms with Crippen LogP contribution in [0.2, 0.25) is 0 Å². The summed E-state index contributed by atoms with van der Waals surface area (Å²) in [5.74, 6) is -0.196. The molecular weight excluding hydrogens is 320 g/mol. The molecule has 1 aromatic carbocycles. The molecule has 7 nitrogen and oxygen atoms in total. The first-order valence-electron chi connectivity index (χ1n) is 7.36. The van der Waals surface area contributed by atoms with Crippen LogP contribution in [0.25, 0.3) is 0 Å². The molecule has 23 heavy (non-hydrogen) atoms. The van der Waals surface area contributed by atoms with E-state index < -0.39 is 22.0 Å². The molecule has 1 aliphatic heterocycles. The summed E-state index contributed by atoms with van der Waals surface area (Å²) in [7, 11) is -3.13. The molecule has 1 aromatic rings. The normalized spacial score (nSPS) is 19.1. The molecule has 1 aliphatic rings. The largest absolute Gasteiger partial charge is 0.449 e.